The number of rotatable bonds is 7. The highest BCUT2D eigenvalue weighted by Crippen LogP contribution is 2.35. The number of carbonyl (C=O) groups excluding carboxylic acids is 1. The third-order valence-corrected chi connectivity index (χ3v) is 4.88. The molecule has 0 saturated carbocycles. The molecule has 3 rings (SSSR count). The molecule has 1 N–H and O–H groups in total. The Morgan fingerprint density at radius 1 is 1.06 bits per heavy atom. The van der Waals surface area contributed by atoms with Crippen LogP contribution < -0.4 is 10.1 Å². The third kappa shape index (κ3) is 5.81. The van der Waals surface area contributed by atoms with Gasteiger partial charge in [-0.2, -0.15) is 0 Å². The minimum atomic E-state index is -4.78. The summed E-state index contributed by atoms with van der Waals surface area (Å²) in [5.41, 5.74) is 2.72. The number of hydrogen-bond acceptors (Lipinski definition) is 5. The van der Waals surface area contributed by atoms with Crippen molar-refractivity contribution in [1.82, 2.24) is 15.0 Å². The van der Waals surface area contributed by atoms with E-state index in [0.717, 1.165) is 41.8 Å². The van der Waals surface area contributed by atoms with E-state index < -0.39 is 12.3 Å². The lowest BCUT2D eigenvalue weighted by Crippen LogP contribution is -2.21. The summed E-state index contributed by atoms with van der Waals surface area (Å²) in [4.78, 5) is 25.6. The molecular weight excluding hydrogens is 421 g/mol. The number of hydrogen-bond donors (Lipinski definition) is 1. The number of benzene rings is 1. The lowest BCUT2D eigenvalue weighted by molar-refractivity contribution is -0.274. The molecule has 32 heavy (non-hydrogen) atoms. The molecule has 2 aromatic heterocycles. The van der Waals surface area contributed by atoms with E-state index in [1.165, 1.54) is 24.7 Å². The molecule has 0 saturated heterocycles. The van der Waals surface area contributed by atoms with Crippen molar-refractivity contribution in [3.05, 3.63) is 66.5 Å². The van der Waals surface area contributed by atoms with Crippen molar-refractivity contribution in [2.75, 3.05) is 5.32 Å². The van der Waals surface area contributed by atoms with E-state index in [0.29, 0.717) is 11.3 Å². The average Bonchev–Trinajstić information content (AvgIpc) is 2.74. The van der Waals surface area contributed by atoms with Crippen LogP contribution in [-0.4, -0.2) is 27.2 Å². The summed E-state index contributed by atoms with van der Waals surface area (Å²) >= 11 is 0. The van der Waals surface area contributed by atoms with Gasteiger partial charge >= 0.3 is 6.36 Å². The second-order valence-corrected chi connectivity index (χ2v) is 7.91. The fourth-order valence-electron chi connectivity index (χ4n) is 3.47. The van der Waals surface area contributed by atoms with Crippen LogP contribution in [0.4, 0.5) is 18.9 Å². The fourth-order valence-corrected chi connectivity index (χ4v) is 3.47. The van der Waals surface area contributed by atoms with Crippen LogP contribution in [0.1, 0.15) is 49.7 Å². The van der Waals surface area contributed by atoms with Gasteiger partial charge in [0, 0.05) is 40.8 Å². The Morgan fingerprint density at radius 3 is 2.31 bits per heavy atom. The van der Waals surface area contributed by atoms with Crippen molar-refractivity contribution in [2.24, 2.45) is 0 Å². The van der Waals surface area contributed by atoms with Gasteiger partial charge in [0.2, 0.25) is 0 Å². The number of pyridine rings is 1. The topological polar surface area (TPSA) is 77.0 Å². The Labute approximate surface area is 183 Å². The number of halogens is 3. The maximum absolute atomic E-state index is 12.8. The average molecular weight is 444 g/mol. The van der Waals surface area contributed by atoms with E-state index in [-0.39, 0.29) is 11.2 Å². The van der Waals surface area contributed by atoms with E-state index in [9.17, 15) is 18.0 Å². The van der Waals surface area contributed by atoms with E-state index in [1.54, 1.807) is 18.5 Å². The first-order chi connectivity index (χ1) is 15.1. The lowest BCUT2D eigenvalue weighted by atomic mass is 9.80. The van der Waals surface area contributed by atoms with E-state index in [1.807, 2.05) is 0 Å². The number of anilines is 1. The highest BCUT2D eigenvalue weighted by molar-refractivity contribution is 6.04. The summed E-state index contributed by atoms with van der Waals surface area (Å²) < 4.78 is 40.8. The maximum atomic E-state index is 12.8. The van der Waals surface area contributed by atoms with E-state index in [4.69, 9.17) is 0 Å². The third-order valence-electron chi connectivity index (χ3n) is 4.88. The molecule has 0 radical (unpaired) electrons. The van der Waals surface area contributed by atoms with E-state index in [2.05, 4.69) is 45.8 Å². The molecule has 0 bridgehead atoms. The first kappa shape index (κ1) is 23.2. The Hall–Kier alpha value is -3.49. The highest BCUT2D eigenvalue weighted by atomic mass is 19.4. The molecule has 168 valence electrons. The van der Waals surface area contributed by atoms with Gasteiger partial charge in [0.15, 0.2) is 0 Å². The predicted molar refractivity (Wildman–Crippen MR) is 114 cm³/mol. The van der Waals surface area contributed by atoms with Gasteiger partial charge in [-0.1, -0.05) is 27.2 Å². The summed E-state index contributed by atoms with van der Waals surface area (Å²) in [6.45, 7) is 6.28. The molecule has 0 aliphatic heterocycles. The second kappa shape index (κ2) is 9.33. The Bertz CT molecular complexity index is 1070. The van der Waals surface area contributed by atoms with Gasteiger partial charge in [-0.15, -0.1) is 13.2 Å². The Morgan fingerprint density at radius 2 is 1.72 bits per heavy atom. The molecule has 0 atom stereocenters. The van der Waals surface area contributed by atoms with Crippen molar-refractivity contribution in [2.45, 2.75) is 45.4 Å². The van der Waals surface area contributed by atoms with Gasteiger partial charge in [0.25, 0.3) is 5.91 Å². The SMILES string of the molecule is CCCC(C)(C)c1ncc(C(=O)Nc2ccc(OC(F)(F)F)cc2)cc1-c1cncnc1. The fraction of sp³-hybridized carbons (Fsp3) is 0.304. The first-order valence-electron chi connectivity index (χ1n) is 10.0. The predicted octanol–water partition coefficient (Wildman–Crippen LogP) is 5.77. The largest absolute Gasteiger partial charge is 0.573 e. The Balaban J connectivity index is 1.89. The van der Waals surface area contributed by atoms with Gasteiger partial charge in [-0.05, 0) is 36.8 Å². The highest BCUT2D eigenvalue weighted by Gasteiger charge is 2.31. The molecule has 0 spiro atoms. The van der Waals surface area contributed by atoms with Crippen LogP contribution in [-0.2, 0) is 5.41 Å². The van der Waals surface area contributed by atoms with Crippen LogP contribution >= 0.6 is 0 Å². The maximum Gasteiger partial charge on any atom is 0.573 e. The van der Waals surface area contributed by atoms with Crippen LogP contribution in [0.2, 0.25) is 0 Å². The zero-order valence-electron chi connectivity index (χ0n) is 17.9. The minimum absolute atomic E-state index is 0.233. The van der Waals surface area contributed by atoms with Crippen LogP contribution in [0.3, 0.4) is 0 Å². The second-order valence-electron chi connectivity index (χ2n) is 7.91. The number of aromatic nitrogens is 3. The smallest absolute Gasteiger partial charge is 0.406 e. The Kier molecular flexibility index (Phi) is 6.76. The molecule has 1 aromatic carbocycles. The molecule has 3 aromatic rings. The zero-order chi connectivity index (χ0) is 23.4. The molecule has 9 heteroatoms. The number of alkyl halides is 3. The van der Waals surface area contributed by atoms with Crippen molar-refractivity contribution in [1.29, 1.82) is 0 Å². The number of ether oxygens (including phenoxy) is 1. The molecule has 2 heterocycles. The van der Waals surface area contributed by atoms with Crippen molar-refractivity contribution in [3.8, 4) is 16.9 Å². The van der Waals surface area contributed by atoms with Crippen molar-refractivity contribution in [3.63, 3.8) is 0 Å². The van der Waals surface area contributed by atoms with Crippen LogP contribution in [0, 0.1) is 0 Å². The monoisotopic (exact) mass is 444 g/mol. The number of carbonyl (C=O) groups is 1. The number of amides is 1. The molecule has 0 aliphatic rings. The van der Waals surface area contributed by atoms with Gasteiger partial charge in [0.05, 0.1) is 11.3 Å². The molecule has 0 fully saturated rings. The van der Waals surface area contributed by atoms with Gasteiger partial charge in [0.1, 0.15) is 12.1 Å². The lowest BCUT2D eigenvalue weighted by Gasteiger charge is -2.26. The van der Waals surface area contributed by atoms with Gasteiger partial charge in [-0.3, -0.25) is 9.78 Å². The number of nitrogens with one attached hydrogen (secondary N) is 1. The summed E-state index contributed by atoms with van der Waals surface area (Å²) in [7, 11) is 0. The molecule has 0 unspecified atom stereocenters. The molecule has 1 amide bonds. The summed E-state index contributed by atoms with van der Waals surface area (Å²) in [6, 6.07) is 6.65. The quantitative estimate of drug-likeness (QED) is 0.501. The van der Waals surface area contributed by atoms with Crippen LogP contribution in [0.5, 0.6) is 5.75 Å². The molecule has 0 aliphatic carbocycles. The zero-order valence-corrected chi connectivity index (χ0v) is 17.9. The number of nitrogens with zero attached hydrogens (tertiary/aromatic N) is 3. The van der Waals surface area contributed by atoms with E-state index >= 15 is 0 Å². The summed E-state index contributed by atoms with van der Waals surface area (Å²) in [5.74, 6) is -0.814. The van der Waals surface area contributed by atoms with Crippen LogP contribution in [0.25, 0.3) is 11.1 Å². The van der Waals surface area contributed by atoms with Gasteiger partial charge < -0.3 is 10.1 Å². The first-order valence-corrected chi connectivity index (χ1v) is 10.0. The normalized spacial score (nSPS) is 11.8. The van der Waals surface area contributed by atoms with Crippen molar-refractivity contribution < 1.29 is 22.7 Å². The summed E-state index contributed by atoms with van der Waals surface area (Å²) in [6.07, 6.45) is 3.34. The minimum Gasteiger partial charge on any atom is -0.406 e. The molecule has 6 nitrogen and oxygen atoms in total. The standard InChI is InChI=1S/C23H23F3N4O2/c1-4-9-22(2,3)20-19(16-11-27-14-28-12-16)10-15(13-29-20)21(31)30-17-5-7-18(8-6-17)32-23(24,25)26/h5-8,10-14H,4,9H2,1-3H3,(H,30,31). The molecular formula is C23H23F3N4O2. The van der Waals surface area contributed by atoms with Gasteiger partial charge in [-0.25, -0.2) is 9.97 Å². The van der Waals surface area contributed by atoms with Crippen molar-refractivity contribution >= 4 is 11.6 Å². The summed E-state index contributed by atoms with van der Waals surface area (Å²) in [5, 5.41) is 2.66. The van der Waals surface area contributed by atoms with Crippen LogP contribution in [0.15, 0.2) is 55.2 Å².